The SMILES string of the molecule is CC.CC.CNC(=O)C(C)(C)O.Cc1nc(N)c2c(n1)OC(C)(C)C(c1ccc(C3CCCCC3)cc1)=N2. The summed E-state index contributed by atoms with van der Waals surface area (Å²) in [4.78, 5) is 23.8. The molecule has 2 aromatic rings. The number of aliphatic hydroxyl groups is 1. The van der Waals surface area contributed by atoms with Crippen LogP contribution in [0, 0.1) is 6.92 Å². The Labute approximate surface area is 229 Å². The second-order valence-electron chi connectivity index (χ2n) is 9.98. The fourth-order valence-electron chi connectivity index (χ4n) is 4.34. The summed E-state index contributed by atoms with van der Waals surface area (Å²) in [5.41, 5.74) is 8.11. The number of nitrogens with zero attached hydrogens (tertiary/aromatic N) is 3. The number of anilines is 1. The van der Waals surface area contributed by atoms with E-state index in [1.54, 1.807) is 6.92 Å². The van der Waals surface area contributed by atoms with Gasteiger partial charge < -0.3 is 20.9 Å². The van der Waals surface area contributed by atoms with E-state index in [-0.39, 0.29) is 5.91 Å². The molecule has 1 aromatic carbocycles. The molecule has 1 aromatic heterocycles. The van der Waals surface area contributed by atoms with E-state index in [0.29, 0.717) is 29.1 Å². The Kier molecular flexibility index (Phi) is 12.9. The fourth-order valence-corrected chi connectivity index (χ4v) is 4.34. The van der Waals surface area contributed by atoms with Crippen molar-refractivity contribution in [3.63, 3.8) is 0 Å². The van der Waals surface area contributed by atoms with Crippen LogP contribution in [0.15, 0.2) is 29.3 Å². The van der Waals surface area contributed by atoms with Crippen molar-refractivity contribution in [2.24, 2.45) is 4.99 Å². The quantitative estimate of drug-likeness (QED) is 0.433. The molecule has 0 saturated heterocycles. The van der Waals surface area contributed by atoms with E-state index in [2.05, 4.69) is 39.6 Å². The van der Waals surface area contributed by atoms with Gasteiger partial charge in [0.25, 0.3) is 5.91 Å². The predicted molar refractivity (Wildman–Crippen MR) is 157 cm³/mol. The number of rotatable bonds is 3. The molecule has 1 aliphatic heterocycles. The van der Waals surface area contributed by atoms with Crippen molar-refractivity contribution in [1.29, 1.82) is 0 Å². The first-order chi connectivity index (χ1) is 17.9. The molecule has 1 fully saturated rings. The zero-order valence-electron chi connectivity index (χ0n) is 25.1. The van der Waals surface area contributed by atoms with E-state index in [0.717, 1.165) is 11.3 Å². The number of ether oxygens (including phenoxy) is 1. The zero-order valence-corrected chi connectivity index (χ0v) is 25.1. The summed E-state index contributed by atoms with van der Waals surface area (Å²) >= 11 is 0. The van der Waals surface area contributed by atoms with Gasteiger partial charge in [0.1, 0.15) is 17.0 Å². The third-order valence-electron chi connectivity index (χ3n) is 6.18. The lowest BCUT2D eigenvalue weighted by Crippen LogP contribution is -2.41. The lowest BCUT2D eigenvalue weighted by Gasteiger charge is -2.32. The van der Waals surface area contributed by atoms with Crippen molar-refractivity contribution in [2.75, 3.05) is 12.8 Å². The first kappa shape index (κ1) is 33.0. The minimum atomic E-state index is -1.24. The first-order valence-corrected chi connectivity index (χ1v) is 13.9. The number of nitrogens with one attached hydrogen (secondary N) is 1. The standard InChI is InChI=1S/C21H26N4O.C5H11NO2.2C2H6/c1-13-23-19(22)17-20(24-13)26-21(2,3)18(25-17)16-11-9-15(10-12-16)14-7-5-4-6-8-14;1-5(2,8)4(7)6-3;2*1-2/h9-12,14H,4-8H2,1-3H3,(H2,22,23,24);8H,1-3H3,(H,6,7);2*1-2H3. The van der Waals surface area contributed by atoms with Crippen LogP contribution in [0.2, 0.25) is 0 Å². The average Bonchev–Trinajstić information content (AvgIpc) is 2.90. The van der Waals surface area contributed by atoms with Crippen molar-refractivity contribution in [1.82, 2.24) is 15.3 Å². The van der Waals surface area contributed by atoms with E-state index >= 15 is 0 Å². The number of nitrogens with two attached hydrogens (primary N) is 1. The van der Waals surface area contributed by atoms with Crippen LogP contribution in [0.3, 0.4) is 0 Å². The Bertz CT molecular complexity index is 1050. The highest BCUT2D eigenvalue weighted by Crippen LogP contribution is 2.40. The van der Waals surface area contributed by atoms with Crippen LogP contribution in [-0.2, 0) is 4.79 Å². The van der Waals surface area contributed by atoms with Gasteiger partial charge in [0, 0.05) is 12.6 Å². The first-order valence-electron chi connectivity index (χ1n) is 13.9. The lowest BCUT2D eigenvalue weighted by atomic mass is 9.83. The Morgan fingerprint density at radius 1 is 1.05 bits per heavy atom. The van der Waals surface area contributed by atoms with Crippen molar-refractivity contribution in [3.05, 3.63) is 41.2 Å². The molecule has 38 heavy (non-hydrogen) atoms. The number of aromatic nitrogens is 2. The Balaban J connectivity index is 0.000000514. The lowest BCUT2D eigenvalue weighted by molar-refractivity contribution is -0.135. The number of hydrogen-bond donors (Lipinski definition) is 3. The zero-order chi connectivity index (χ0) is 29.1. The largest absolute Gasteiger partial charge is 0.463 e. The summed E-state index contributed by atoms with van der Waals surface area (Å²) in [5, 5.41) is 11.2. The maximum Gasteiger partial charge on any atom is 0.251 e. The van der Waals surface area contributed by atoms with E-state index in [1.165, 1.54) is 58.6 Å². The summed E-state index contributed by atoms with van der Waals surface area (Å²) in [7, 11) is 1.49. The molecule has 8 heteroatoms. The van der Waals surface area contributed by atoms with Gasteiger partial charge in [-0.1, -0.05) is 71.2 Å². The van der Waals surface area contributed by atoms with Gasteiger partial charge in [-0.3, -0.25) is 4.79 Å². The normalized spacial score (nSPS) is 15.9. The molecule has 1 saturated carbocycles. The summed E-state index contributed by atoms with van der Waals surface area (Å²) in [6.07, 6.45) is 6.66. The van der Waals surface area contributed by atoms with E-state index in [1.807, 2.05) is 41.5 Å². The van der Waals surface area contributed by atoms with Crippen molar-refractivity contribution in [3.8, 4) is 5.88 Å². The molecular weight excluding hydrogens is 478 g/mol. The number of carbonyl (C=O) groups excluding carboxylic acids is 1. The number of benzene rings is 1. The highest BCUT2D eigenvalue weighted by molar-refractivity contribution is 6.09. The van der Waals surface area contributed by atoms with Crippen molar-refractivity contribution in [2.45, 2.75) is 112 Å². The number of nitrogen functional groups attached to an aromatic ring is 1. The summed E-state index contributed by atoms with van der Waals surface area (Å²) < 4.78 is 6.13. The number of carbonyl (C=O) groups is 1. The molecular formula is C30H49N5O3. The van der Waals surface area contributed by atoms with E-state index in [4.69, 9.17) is 20.6 Å². The Morgan fingerprint density at radius 3 is 2.08 bits per heavy atom. The molecule has 8 nitrogen and oxygen atoms in total. The van der Waals surface area contributed by atoms with Crippen LogP contribution >= 0.6 is 0 Å². The Hall–Kier alpha value is -3.00. The van der Waals surface area contributed by atoms with E-state index < -0.39 is 11.2 Å². The van der Waals surface area contributed by atoms with Crippen LogP contribution in [-0.4, -0.2) is 44.9 Å². The monoisotopic (exact) mass is 527 g/mol. The van der Waals surface area contributed by atoms with Crippen LogP contribution in [0.1, 0.15) is 110 Å². The van der Waals surface area contributed by atoms with Gasteiger partial charge in [0.15, 0.2) is 11.5 Å². The molecule has 0 bridgehead atoms. The molecule has 0 radical (unpaired) electrons. The fraction of sp³-hybridized carbons (Fsp3) is 0.600. The molecule has 2 heterocycles. The van der Waals surface area contributed by atoms with Gasteiger partial charge >= 0.3 is 0 Å². The molecule has 0 spiro atoms. The Morgan fingerprint density at radius 2 is 1.61 bits per heavy atom. The summed E-state index contributed by atoms with van der Waals surface area (Å²) in [6, 6.07) is 8.80. The second-order valence-corrected chi connectivity index (χ2v) is 9.98. The third kappa shape index (κ3) is 8.79. The van der Waals surface area contributed by atoms with Gasteiger partial charge in [-0.05, 0) is 58.9 Å². The predicted octanol–water partition coefficient (Wildman–Crippen LogP) is 6.26. The number of likely N-dealkylation sites (N-methyl/N-ethyl adjacent to an activating group) is 1. The third-order valence-corrected chi connectivity index (χ3v) is 6.18. The molecule has 1 aliphatic carbocycles. The van der Waals surface area contributed by atoms with Crippen LogP contribution in [0.25, 0.3) is 0 Å². The molecule has 0 atom stereocenters. The van der Waals surface area contributed by atoms with Crippen molar-refractivity contribution < 1.29 is 14.6 Å². The maximum atomic E-state index is 10.5. The van der Waals surface area contributed by atoms with Crippen LogP contribution in [0.4, 0.5) is 11.5 Å². The minimum Gasteiger partial charge on any atom is -0.463 e. The highest BCUT2D eigenvalue weighted by Gasteiger charge is 2.35. The average molecular weight is 528 g/mol. The molecule has 212 valence electrons. The van der Waals surface area contributed by atoms with Crippen LogP contribution in [0.5, 0.6) is 5.88 Å². The number of aryl methyl sites for hydroxylation is 1. The number of fused-ring (bicyclic) bond motifs is 1. The molecule has 4 rings (SSSR count). The van der Waals surface area contributed by atoms with E-state index in [9.17, 15) is 4.79 Å². The summed E-state index contributed by atoms with van der Waals surface area (Å²) in [5.74, 6) is 1.75. The van der Waals surface area contributed by atoms with Gasteiger partial charge in [-0.25, -0.2) is 9.98 Å². The van der Waals surface area contributed by atoms with Gasteiger partial charge in [-0.2, -0.15) is 4.98 Å². The summed E-state index contributed by atoms with van der Waals surface area (Å²) in [6.45, 7) is 16.7. The number of hydrogen-bond acceptors (Lipinski definition) is 7. The molecule has 0 unspecified atom stereocenters. The maximum absolute atomic E-state index is 10.5. The van der Waals surface area contributed by atoms with Crippen LogP contribution < -0.4 is 15.8 Å². The molecule has 2 aliphatic rings. The number of aliphatic imine (C=N–C) groups is 1. The number of amides is 1. The molecule has 1 amide bonds. The molecule has 4 N–H and O–H groups in total. The van der Waals surface area contributed by atoms with Gasteiger partial charge in [0.05, 0.1) is 5.71 Å². The second kappa shape index (κ2) is 14.8. The van der Waals surface area contributed by atoms with Gasteiger partial charge in [-0.15, -0.1) is 0 Å². The highest BCUT2D eigenvalue weighted by atomic mass is 16.5. The van der Waals surface area contributed by atoms with Crippen molar-refractivity contribution >= 4 is 23.1 Å². The smallest absolute Gasteiger partial charge is 0.251 e. The minimum absolute atomic E-state index is 0.360. The topological polar surface area (TPSA) is 123 Å². The van der Waals surface area contributed by atoms with Gasteiger partial charge in [0.2, 0.25) is 5.88 Å².